The SMILES string of the molecule is CCc1ccc(C(=O)NC(CC)c2ncc[nH]2)s1. The number of hydrogen-bond donors (Lipinski definition) is 2. The van der Waals surface area contributed by atoms with Crippen LogP contribution >= 0.6 is 11.3 Å². The molecule has 0 radical (unpaired) electrons. The molecule has 4 nitrogen and oxygen atoms in total. The molecule has 2 rings (SSSR count). The van der Waals surface area contributed by atoms with Crippen LogP contribution in [0.2, 0.25) is 0 Å². The van der Waals surface area contributed by atoms with Gasteiger partial charge in [-0.15, -0.1) is 11.3 Å². The fraction of sp³-hybridized carbons (Fsp3) is 0.385. The molecule has 2 aromatic heterocycles. The Balaban J connectivity index is 2.06. The molecule has 0 bridgehead atoms. The molecule has 0 saturated carbocycles. The smallest absolute Gasteiger partial charge is 0.261 e. The number of amides is 1. The molecular formula is C13H17N3OS. The summed E-state index contributed by atoms with van der Waals surface area (Å²) in [5.41, 5.74) is 0. The highest BCUT2D eigenvalue weighted by Gasteiger charge is 2.16. The number of aryl methyl sites for hydroxylation is 1. The van der Waals surface area contributed by atoms with Crippen LogP contribution in [0.1, 0.15) is 46.7 Å². The highest BCUT2D eigenvalue weighted by atomic mass is 32.1. The molecule has 96 valence electrons. The van der Waals surface area contributed by atoms with Crippen LogP contribution in [0.15, 0.2) is 24.5 Å². The van der Waals surface area contributed by atoms with Crippen molar-refractivity contribution in [2.45, 2.75) is 32.7 Å². The Hall–Kier alpha value is -1.62. The first-order valence-electron chi connectivity index (χ1n) is 6.13. The summed E-state index contributed by atoms with van der Waals surface area (Å²) in [6.07, 6.45) is 5.24. The molecule has 2 N–H and O–H groups in total. The summed E-state index contributed by atoms with van der Waals surface area (Å²) in [5, 5.41) is 3.00. The number of carbonyl (C=O) groups is 1. The second-order valence-electron chi connectivity index (χ2n) is 4.03. The summed E-state index contributed by atoms with van der Waals surface area (Å²) in [7, 11) is 0. The number of carbonyl (C=O) groups excluding carboxylic acids is 1. The number of aromatic amines is 1. The number of nitrogens with one attached hydrogen (secondary N) is 2. The summed E-state index contributed by atoms with van der Waals surface area (Å²) in [4.78, 5) is 21.3. The van der Waals surface area contributed by atoms with E-state index in [0.29, 0.717) is 0 Å². The summed E-state index contributed by atoms with van der Waals surface area (Å²) >= 11 is 1.55. The number of aromatic nitrogens is 2. The van der Waals surface area contributed by atoms with Crippen LogP contribution in [0.25, 0.3) is 0 Å². The zero-order valence-corrected chi connectivity index (χ0v) is 11.4. The Bertz CT molecular complexity index is 504. The summed E-state index contributed by atoms with van der Waals surface area (Å²) < 4.78 is 0. The first-order chi connectivity index (χ1) is 8.74. The van der Waals surface area contributed by atoms with Crippen molar-refractivity contribution in [3.63, 3.8) is 0 Å². The van der Waals surface area contributed by atoms with Gasteiger partial charge in [-0.3, -0.25) is 4.79 Å². The monoisotopic (exact) mass is 263 g/mol. The molecule has 2 heterocycles. The van der Waals surface area contributed by atoms with Crippen LogP contribution in [0.3, 0.4) is 0 Å². The first-order valence-corrected chi connectivity index (χ1v) is 6.95. The summed E-state index contributed by atoms with van der Waals surface area (Å²) in [5.74, 6) is 0.779. The predicted octanol–water partition coefficient (Wildman–Crippen LogP) is 2.91. The number of hydrogen-bond acceptors (Lipinski definition) is 3. The molecule has 0 aromatic carbocycles. The van der Waals surface area contributed by atoms with Crippen LogP contribution in [0.5, 0.6) is 0 Å². The third-order valence-electron chi connectivity index (χ3n) is 2.80. The van der Waals surface area contributed by atoms with Crippen LogP contribution in [-0.2, 0) is 6.42 Å². The lowest BCUT2D eigenvalue weighted by molar-refractivity contribution is 0.0938. The molecular weight excluding hydrogens is 246 g/mol. The zero-order valence-electron chi connectivity index (χ0n) is 10.6. The lowest BCUT2D eigenvalue weighted by atomic mass is 10.2. The van der Waals surface area contributed by atoms with E-state index in [9.17, 15) is 4.79 Å². The molecule has 0 aliphatic rings. The molecule has 1 atom stereocenters. The highest BCUT2D eigenvalue weighted by molar-refractivity contribution is 7.14. The van der Waals surface area contributed by atoms with E-state index in [1.807, 2.05) is 19.1 Å². The minimum atomic E-state index is -0.0559. The molecule has 0 saturated heterocycles. The lowest BCUT2D eigenvalue weighted by Gasteiger charge is -2.13. The van der Waals surface area contributed by atoms with Crippen LogP contribution in [-0.4, -0.2) is 15.9 Å². The number of H-pyrrole nitrogens is 1. The van der Waals surface area contributed by atoms with E-state index in [4.69, 9.17) is 0 Å². The number of imidazole rings is 1. The molecule has 0 spiro atoms. The van der Waals surface area contributed by atoms with Gasteiger partial charge in [-0.1, -0.05) is 13.8 Å². The van der Waals surface area contributed by atoms with E-state index in [-0.39, 0.29) is 11.9 Å². The van der Waals surface area contributed by atoms with Gasteiger partial charge in [-0.05, 0) is 25.0 Å². The van der Waals surface area contributed by atoms with Gasteiger partial charge in [0.25, 0.3) is 5.91 Å². The van der Waals surface area contributed by atoms with Gasteiger partial charge in [-0.2, -0.15) is 0 Å². The summed E-state index contributed by atoms with van der Waals surface area (Å²) in [6.45, 7) is 4.12. The van der Waals surface area contributed by atoms with Crippen LogP contribution < -0.4 is 5.32 Å². The van der Waals surface area contributed by atoms with E-state index < -0.39 is 0 Å². The van der Waals surface area contributed by atoms with Gasteiger partial charge in [0.15, 0.2) is 0 Å². The van der Waals surface area contributed by atoms with Gasteiger partial charge in [0.2, 0.25) is 0 Å². The van der Waals surface area contributed by atoms with Gasteiger partial charge in [0.05, 0.1) is 10.9 Å². The second-order valence-corrected chi connectivity index (χ2v) is 5.20. The van der Waals surface area contributed by atoms with Gasteiger partial charge in [0, 0.05) is 17.3 Å². The maximum Gasteiger partial charge on any atom is 0.261 e. The molecule has 18 heavy (non-hydrogen) atoms. The first kappa shape index (κ1) is 12.8. The number of thiophene rings is 1. The normalized spacial score (nSPS) is 12.3. The Morgan fingerprint density at radius 1 is 1.50 bits per heavy atom. The maximum absolute atomic E-state index is 12.1. The van der Waals surface area contributed by atoms with E-state index in [2.05, 4.69) is 22.2 Å². The van der Waals surface area contributed by atoms with E-state index in [1.54, 1.807) is 23.7 Å². The van der Waals surface area contributed by atoms with Crippen molar-refractivity contribution < 1.29 is 4.79 Å². The predicted molar refractivity (Wildman–Crippen MR) is 72.8 cm³/mol. The van der Waals surface area contributed by atoms with E-state index in [1.165, 1.54) is 4.88 Å². The number of rotatable bonds is 5. The van der Waals surface area contributed by atoms with Crippen LogP contribution in [0.4, 0.5) is 0 Å². The molecule has 0 aliphatic carbocycles. The van der Waals surface area contributed by atoms with Gasteiger partial charge >= 0.3 is 0 Å². The van der Waals surface area contributed by atoms with Gasteiger partial charge in [-0.25, -0.2) is 4.98 Å². The quantitative estimate of drug-likeness (QED) is 0.871. The van der Waals surface area contributed by atoms with E-state index in [0.717, 1.165) is 23.5 Å². The number of nitrogens with zero attached hydrogens (tertiary/aromatic N) is 1. The van der Waals surface area contributed by atoms with Crippen LogP contribution in [0, 0.1) is 0 Å². The van der Waals surface area contributed by atoms with E-state index >= 15 is 0 Å². The molecule has 1 amide bonds. The Morgan fingerprint density at radius 2 is 2.33 bits per heavy atom. The molecule has 5 heteroatoms. The molecule has 0 fully saturated rings. The maximum atomic E-state index is 12.1. The van der Waals surface area contributed by atoms with Crippen molar-refractivity contribution >= 4 is 17.2 Å². The van der Waals surface area contributed by atoms with Crippen molar-refractivity contribution in [2.24, 2.45) is 0 Å². The third-order valence-corrected chi connectivity index (χ3v) is 4.03. The highest BCUT2D eigenvalue weighted by Crippen LogP contribution is 2.19. The van der Waals surface area contributed by atoms with Gasteiger partial charge < -0.3 is 10.3 Å². The minimum Gasteiger partial charge on any atom is -0.347 e. The van der Waals surface area contributed by atoms with Crippen molar-refractivity contribution in [3.8, 4) is 0 Å². The van der Waals surface area contributed by atoms with Gasteiger partial charge in [0.1, 0.15) is 5.82 Å². The largest absolute Gasteiger partial charge is 0.347 e. The Labute approximate surface area is 110 Å². The summed E-state index contributed by atoms with van der Waals surface area (Å²) in [6, 6.07) is 3.83. The minimum absolute atomic E-state index is 0.0250. The standard InChI is InChI=1S/C13H17N3OS/c1-3-9-5-6-11(18-9)13(17)16-10(4-2)12-14-7-8-15-12/h5-8,10H,3-4H2,1-2H3,(H,14,15)(H,16,17). The average Bonchev–Trinajstić information content (AvgIpc) is 3.05. The van der Waals surface area contributed by atoms with Crippen molar-refractivity contribution in [1.82, 2.24) is 15.3 Å². The topological polar surface area (TPSA) is 57.8 Å². The van der Waals surface area contributed by atoms with Crippen molar-refractivity contribution in [1.29, 1.82) is 0 Å². The third kappa shape index (κ3) is 2.79. The molecule has 2 aromatic rings. The van der Waals surface area contributed by atoms with Crippen molar-refractivity contribution in [2.75, 3.05) is 0 Å². The second kappa shape index (κ2) is 5.82. The zero-order chi connectivity index (χ0) is 13.0. The molecule has 1 unspecified atom stereocenters. The Morgan fingerprint density at radius 3 is 2.89 bits per heavy atom. The average molecular weight is 263 g/mol. The molecule has 0 aliphatic heterocycles. The van der Waals surface area contributed by atoms with Crippen molar-refractivity contribution in [3.05, 3.63) is 40.1 Å². The fourth-order valence-electron chi connectivity index (χ4n) is 1.75. The Kier molecular flexibility index (Phi) is 4.15. The lowest BCUT2D eigenvalue weighted by Crippen LogP contribution is -2.28. The fourth-order valence-corrected chi connectivity index (χ4v) is 2.60.